The van der Waals surface area contributed by atoms with Crippen LogP contribution >= 0.6 is 7.82 Å². The largest absolute Gasteiger partial charge is 0.470 e. The summed E-state index contributed by atoms with van der Waals surface area (Å²) in [6.45, 7) is 5.49. The Bertz CT molecular complexity index is 645. The van der Waals surface area contributed by atoms with E-state index in [1.165, 1.54) is 0 Å². The van der Waals surface area contributed by atoms with Gasteiger partial charge < -0.3 is 9.79 Å². The standard InChI is InChI=1S/C16H19O4P/c1-12-8-4-6-10-14(12)16(3,20-21(17,18)19)15-11-7-5-9-13(15)2/h4-11H,1-3H3,(H2,17,18,19). The Morgan fingerprint density at radius 2 is 1.29 bits per heavy atom. The summed E-state index contributed by atoms with van der Waals surface area (Å²) in [5.74, 6) is 0. The Kier molecular flexibility index (Phi) is 4.35. The first-order valence-electron chi connectivity index (χ1n) is 6.62. The summed E-state index contributed by atoms with van der Waals surface area (Å²) in [7, 11) is -4.66. The predicted molar refractivity (Wildman–Crippen MR) is 81.9 cm³/mol. The van der Waals surface area contributed by atoms with Crippen molar-refractivity contribution in [3.8, 4) is 0 Å². The summed E-state index contributed by atoms with van der Waals surface area (Å²) in [6, 6.07) is 14.9. The summed E-state index contributed by atoms with van der Waals surface area (Å²) in [5.41, 5.74) is 2.09. The Balaban J connectivity index is 2.69. The van der Waals surface area contributed by atoms with Gasteiger partial charge in [-0.15, -0.1) is 0 Å². The topological polar surface area (TPSA) is 66.8 Å². The van der Waals surface area contributed by atoms with Gasteiger partial charge in [-0.25, -0.2) is 4.57 Å². The van der Waals surface area contributed by atoms with E-state index in [0.717, 1.165) is 22.3 Å². The summed E-state index contributed by atoms with van der Waals surface area (Å²) in [6.07, 6.45) is 0. The van der Waals surface area contributed by atoms with Crippen LogP contribution in [0, 0.1) is 13.8 Å². The van der Waals surface area contributed by atoms with Crippen molar-refractivity contribution < 1.29 is 18.9 Å². The lowest BCUT2D eigenvalue weighted by Gasteiger charge is -2.33. The van der Waals surface area contributed by atoms with Crippen LogP contribution in [0.25, 0.3) is 0 Å². The van der Waals surface area contributed by atoms with Gasteiger partial charge in [-0.2, -0.15) is 0 Å². The van der Waals surface area contributed by atoms with Crippen LogP contribution in [-0.4, -0.2) is 9.79 Å². The van der Waals surface area contributed by atoms with E-state index in [1.54, 1.807) is 6.92 Å². The molecule has 0 unspecified atom stereocenters. The van der Waals surface area contributed by atoms with Crippen LogP contribution in [0.5, 0.6) is 0 Å². The van der Waals surface area contributed by atoms with Gasteiger partial charge in [0, 0.05) is 0 Å². The maximum atomic E-state index is 11.5. The molecule has 21 heavy (non-hydrogen) atoms. The zero-order chi connectivity index (χ0) is 15.7. The van der Waals surface area contributed by atoms with E-state index in [4.69, 9.17) is 4.52 Å². The maximum absolute atomic E-state index is 11.5. The highest BCUT2D eigenvalue weighted by atomic mass is 31.2. The summed E-state index contributed by atoms with van der Waals surface area (Å²) in [5, 5.41) is 0. The van der Waals surface area contributed by atoms with Gasteiger partial charge in [0.05, 0.1) is 0 Å². The molecule has 0 bridgehead atoms. The van der Waals surface area contributed by atoms with E-state index >= 15 is 0 Å². The van der Waals surface area contributed by atoms with Crippen molar-refractivity contribution in [1.82, 2.24) is 0 Å². The average Bonchev–Trinajstić information content (AvgIpc) is 2.37. The van der Waals surface area contributed by atoms with Crippen LogP contribution in [-0.2, 0) is 14.7 Å². The zero-order valence-electron chi connectivity index (χ0n) is 12.3. The van der Waals surface area contributed by atoms with Crippen LogP contribution in [0.1, 0.15) is 29.2 Å². The molecule has 0 saturated carbocycles. The third-order valence-corrected chi connectivity index (χ3v) is 4.22. The van der Waals surface area contributed by atoms with Crippen molar-refractivity contribution in [1.29, 1.82) is 0 Å². The van der Waals surface area contributed by atoms with Crippen LogP contribution < -0.4 is 0 Å². The molecule has 0 atom stereocenters. The number of rotatable bonds is 4. The Hall–Kier alpha value is -1.45. The zero-order valence-corrected chi connectivity index (χ0v) is 13.2. The molecule has 0 saturated heterocycles. The van der Waals surface area contributed by atoms with Crippen molar-refractivity contribution >= 4 is 7.82 Å². The van der Waals surface area contributed by atoms with Gasteiger partial charge in [-0.3, -0.25) is 4.52 Å². The molecule has 0 heterocycles. The lowest BCUT2D eigenvalue weighted by molar-refractivity contribution is 0.0799. The Labute approximate surface area is 124 Å². The average molecular weight is 306 g/mol. The van der Waals surface area contributed by atoms with Gasteiger partial charge in [0.1, 0.15) is 5.60 Å². The minimum Gasteiger partial charge on any atom is -0.303 e. The number of phosphoric ester groups is 1. The Morgan fingerprint density at radius 3 is 1.62 bits per heavy atom. The van der Waals surface area contributed by atoms with E-state index in [-0.39, 0.29) is 0 Å². The second-order valence-corrected chi connectivity index (χ2v) is 6.41. The van der Waals surface area contributed by atoms with Gasteiger partial charge in [-0.1, -0.05) is 48.5 Å². The van der Waals surface area contributed by atoms with Crippen molar-refractivity contribution in [3.63, 3.8) is 0 Å². The smallest absolute Gasteiger partial charge is 0.303 e. The second kappa shape index (κ2) is 5.74. The minimum atomic E-state index is -4.66. The molecule has 0 fully saturated rings. The number of phosphoric acid groups is 1. The first-order chi connectivity index (χ1) is 9.74. The molecule has 112 valence electrons. The summed E-state index contributed by atoms with van der Waals surface area (Å²) >= 11 is 0. The lowest BCUT2D eigenvalue weighted by Crippen LogP contribution is -2.28. The van der Waals surface area contributed by atoms with Crippen LogP contribution in [0.15, 0.2) is 48.5 Å². The van der Waals surface area contributed by atoms with E-state index in [1.807, 2.05) is 62.4 Å². The van der Waals surface area contributed by atoms with Gasteiger partial charge in [0.15, 0.2) is 0 Å². The van der Waals surface area contributed by atoms with Crippen molar-refractivity contribution in [2.75, 3.05) is 0 Å². The molecule has 2 N–H and O–H groups in total. The first-order valence-corrected chi connectivity index (χ1v) is 8.15. The molecule has 0 spiro atoms. The third-order valence-electron chi connectivity index (χ3n) is 3.62. The molecule has 2 rings (SSSR count). The van der Waals surface area contributed by atoms with Crippen LogP contribution in [0.3, 0.4) is 0 Å². The van der Waals surface area contributed by atoms with E-state index < -0.39 is 13.4 Å². The molecule has 0 radical (unpaired) electrons. The fraction of sp³-hybridized carbons (Fsp3) is 0.250. The van der Waals surface area contributed by atoms with Crippen LogP contribution in [0.4, 0.5) is 0 Å². The first kappa shape index (κ1) is 15.9. The molecule has 5 heteroatoms. The van der Waals surface area contributed by atoms with E-state index in [2.05, 4.69) is 0 Å². The van der Waals surface area contributed by atoms with E-state index in [9.17, 15) is 14.4 Å². The number of hydrogen-bond acceptors (Lipinski definition) is 2. The minimum absolute atomic E-state index is 0.739. The molecule has 0 aliphatic carbocycles. The molecule has 0 aromatic heterocycles. The third kappa shape index (κ3) is 3.42. The molecular formula is C16H19O4P. The lowest BCUT2D eigenvalue weighted by atomic mass is 9.83. The molecule has 2 aromatic rings. The molecule has 0 aliphatic rings. The fourth-order valence-corrected chi connectivity index (χ4v) is 3.37. The quantitative estimate of drug-likeness (QED) is 0.846. The monoisotopic (exact) mass is 306 g/mol. The molecule has 0 amide bonds. The van der Waals surface area contributed by atoms with Gasteiger partial charge in [0.2, 0.25) is 0 Å². The molecule has 4 nitrogen and oxygen atoms in total. The van der Waals surface area contributed by atoms with Gasteiger partial charge in [0.25, 0.3) is 0 Å². The van der Waals surface area contributed by atoms with Gasteiger partial charge in [-0.05, 0) is 43.0 Å². The number of benzene rings is 2. The van der Waals surface area contributed by atoms with Gasteiger partial charge >= 0.3 is 7.82 Å². The number of aryl methyl sites for hydroxylation is 2. The predicted octanol–water partition coefficient (Wildman–Crippen LogP) is 3.68. The second-order valence-electron chi connectivity index (χ2n) is 5.24. The van der Waals surface area contributed by atoms with Crippen molar-refractivity contribution in [2.24, 2.45) is 0 Å². The summed E-state index contributed by atoms with van der Waals surface area (Å²) in [4.78, 5) is 18.7. The summed E-state index contributed by atoms with van der Waals surface area (Å²) < 4.78 is 16.7. The highest BCUT2D eigenvalue weighted by Crippen LogP contribution is 2.49. The highest BCUT2D eigenvalue weighted by Gasteiger charge is 2.38. The number of hydrogen-bond donors (Lipinski definition) is 2. The highest BCUT2D eigenvalue weighted by molar-refractivity contribution is 7.46. The van der Waals surface area contributed by atoms with E-state index in [0.29, 0.717) is 0 Å². The fourth-order valence-electron chi connectivity index (χ4n) is 2.70. The van der Waals surface area contributed by atoms with Crippen molar-refractivity contribution in [3.05, 3.63) is 70.8 Å². The van der Waals surface area contributed by atoms with Crippen molar-refractivity contribution in [2.45, 2.75) is 26.4 Å². The SMILES string of the molecule is Cc1ccccc1C(C)(OP(=O)(O)O)c1ccccc1C. The molecule has 0 aliphatic heterocycles. The Morgan fingerprint density at radius 1 is 0.905 bits per heavy atom. The molecule has 2 aromatic carbocycles. The van der Waals surface area contributed by atoms with Crippen LogP contribution in [0.2, 0.25) is 0 Å². The maximum Gasteiger partial charge on any atom is 0.470 e. The normalized spacial score (nSPS) is 12.4. The molecular weight excluding hydrogens is 287 g/mol.